The Bertz CT molecular complexity index is 747. The summed E-state index contributed by atoms with van der Waals surface area (Å²) in [5, 5.41) is 6.00. The molecule has 1 aliphatic rings. The highest BCUT2D eigenvalue weighted by molar-refractivity contribution is 9.10. The molecule has 0 aliphatic carbocycles. The van der Waals surface area contributed by atoms with Crippen molar-refractivity contribution in [3.8, 4) is 0 Å². The van der Waals surface area contributed by atoms with Crippen LogP contribution in [0.2, 0.25) is 0 Å². The van der Waals surface area contributed by atoms with Crippen LogP contribution in [-0.2, 0) is 0 Å². The first-order valence-corrected chi connectivity index (χ1v) is 8.96. The normalized spacial score (nSPS) is 17.0. The van der Waals surface area contributed by atoms with Crippen LogP contribution in [0.25, 0.3) is 0 Å². The smallest absolute Gasteiger partial charge is 0.319 e. The van der Waals surface area contributed by atoms with E-state index in [0.717, 1.165) is 29.7 Å². The van der Waals surface area contributed by atoms with Gasteiger partial charge in [0.15, 0.2) is 0 Å². The average Bonchev–Trinajstić information content (AvgIpc) is 2.99. The van der Waals surface area contributed by atoms with E-state index >= 15 is 0 Å². The number of carbonyl (C=O) groups is 1. The number of benzene rings is 2. The van der Waals surface area contributed by atoms with Crippen LogP contribution in [0.3, 0.4) is 0 Å². The number of aryl methyl sites for hydroxylation is 2. The molecule has 4 nitrogen and oxygen atoms in total. The number of hydrogen-bond donors (Lipinski definition) is 2. The lowest BCUT2D eigenvalue weighted by atomic mass is 10.1. The van der Waals surface area contributed by atoms with Crippen molar-refractivity contribution in [2.75, 3.05) is 23.3 Å². The number of hydrogen-bond acceptors (Lipinski definition) is 2. The zero-order valence-electron chi connectivity index (χ0n) is 14.0. The third-order valence-electron chi connectivity index (χ3n) is 4.48. The minimum atomic E-state index is -0.141. The predicted octanol–water partition coefficient (Wildman–Crippen LogP) is 4.47. The zero-order chi connectivity index (χ0) is 17.1. The van der Waals surface area contributed by atoms with Crippen molar-refractivity contribution in [3.63, 3.8) is 0 Å². The molecule has 2 N–H and O–H groups in total. The van der Waals surface area contributed by atoms with Gasteiger partial charge in [0.2, 0.25) is 0 Å². The minimum Gasteiger partial charge on any atom is -0.368 e. The van der Waals surface area contributed by atoms with Crippen LogP contribution in [0.4, 0.5) is 16.2 Å². The molecule has 0 saturated carbocycles. The quantitative estimate of drug-likeness (QED) is 0.815. The molecular weight excluding hydrogens is 366 g/mol. The number of urea groups is 1. The first kappa shape index (κ1) is 16.8. The van der Waals surface area contributed by atoms with Gasteiger partial charge in [-0.15, -0.1) is 0 Å². The highest BCUT2D eigenvalue weighted by Crippen LogP contribution is 2.28. The van der Waals surface area contributed by atoms with Gasteiger partial charge in [0.05, 0.1) is 5.69 Å². The maximum Gasteiger partial charge on any atom is 0.319 e. The molecular formula is C19H22BrN3O. The molecule has 2 aromatic carbocycles. The van der Waals surface area contributed by atoms with Crippen LogP contribution in [0, 0.1) is 13.8 Å². The number of halogens is 1. The summed E-state index contributed by atoms with van der Waals surface area (Å²) >= 11 is 3.59. The highest BCUT2D eigenvalue weighted by Gasteiger charge is 2.25. The molecule has 5 heteroatoms. The summed E-state index contributed by atoms with van der Waals surface area (Å²) < 4.78 is 1.09. The van der Waals surface area contributed by atoms with E-state index in [0.29, 0.717) is 0 Å². The van der Waals surface area contributed by atoms with Crippen LogP contribution in [-0.4, -0.2) is 25.2 Å². The van der Waals surface area contributed by atoms with Gasteiger partial charge in [0.1, 0.15) is 0 Å². The van der Waals surface area contributed by atoms with Gasteiger partial charge in [-0.25, -0.2) is 4.79 Å². The fourth-order valence-electron chi connectivity index (χ4n) is 2.98. The summed E-state index contributed by atoms with van der Waals surface area (Å²) in [4.78, 5) is 14.5. The van der Waals surface area contributed by atoms with Crippen LogP contribution in [0.5, 0.6) is 0 Å². The van der Waals surface area contributed by atoms with Crippen molar-refractivity contribution in [3.05, 3.63) is 58.1 Å². The number of carbonyl (C=O) groups excluding carboxylic acids is 1. The van der Waals surface area contributed by atoms with E-state index in [1.165, 1.54) is 16.8 Å². The molecule has 24 heavy (non-hydrogen) atoms. The molecule has 1 unspecified atom stereocenters. The molecule has 1 heterocycles. The summed E-state index contributed by atoms with van der Waals surface area (Å²) in [6, 6.07) is 14.2. The fourth-order valence-corrected chi connectivity index (χ4v) is 3.51. The van der Waals surface area contributed by atoms with Crippen molar-refractivity contribution in [1.29, 1.82) is 0 Å². The minimum absolute atomic E-state index is 0.141. The Morgan fingerprint density at radius 3 is 2.71 bits per heavy atom. The molecule has 1 aliphatic heterocycles. The lowest BCUT2D eigenvalue weighted by Gasteiger charge is -2.20. The van der Waals surface area contributed by atoms with Crippen LogP contribution in [0.15, 0.2) is 46.9 Å². The van der Waals surface area contributed by atoms with Crippen LogP contribution < -0.4 is 15.5 Å². The van der Waals surface area contributed by atoms with Crippen LogP contribution >= 0.6 is 15.9 Å². The van der Waals surface area contributed by atoms with Gasteiger partial charge in [0, 0.05) is 29.3 Å². The number of nitrogens with zero attached hydrogens (tertiary/aromatic N) is 1. The van der Waals surface area contributed by atoms with Crippen LogP contribution in [0.1, 0.15) is 17.5 Å². The zero-order valence-corrected chi connectivity index (χ0v) is 15.6. The molecule has 0 bridgehead atoms. The summed E-state index contributed by atoms with van der Waals surface area (Å²) in [5.41, 5.74) is 4.40. The highest BCUT2D eigenvalue weighted by atomic mass is 79.9. The largest absolute Gasteiger partial charge is 0.368 e. The van der Waals surface area contributed by atoms with Gasteiger partial charge in [-0.1, -0.05) is 18.2 Å². The molecule has 1 saturated heterocycles. The summed E-state index contributed by atoms with van der Waals surface area (Å²) in [7, 11) is 0. The summed E-state index contributed by atoms with van der Waals surface area (Å²) in [6.07, 6.45) is 0.946. The van der Waals surface area contributed by atoms with Gasteiger partial charge >= 0.3 is 6.03 Å². The number of amides is 2. The third-order valence-corrected chi connectivity index (χ3v) is 5.15. The van der Waals surface area contributed by atoms with E-state index in [2.05, 4.69) is 44.5 Å². The molecule has 2 amide bonds. The molecule has 0 spiro atoms. The Kier molecular flexibility index (Phi) is 5.09. The van der Waals surface area contributed by atoms with E-state index < -0.39 is 0 Å². The van der Waals surface area contributed by atoms with Gasteiger partial charge < -0.3 is 15.5 Å². The lowest BCUT2D eigenvalue weighted by molar-refractivity contribution is 0.249. The van der Waals surface area contributed by atoms with Crippen molar-refractivity contribution in [2.24, 2.45) is 0 Å². The molecule has 0 radical (unpaired) electrons. The van der Waals surface area contributed by atoms with Crippen molar-refractivity contribution in [2.45, 2.75) is 26.3 Å². The number of para-hydroxylation sites is 1. The second-order valence-corrected chi connectivity index (χ2v) is 7.13. The standard InChI is InChI=1S/C19H22BrN3O/c1-13-7-8-15(11-14(13)2)21-19(24)22-16-9-10-23(12-16)18-6-4-3-5-17(18)20/h3-8,11,16H,9-10,12H2,1-2H3,(H2,21,22,24). The first-order chi connectivity index (χ1) is 11.5. The van der Waals surface area contributed by atoms with Gasteiger partial charge in [-0.2, -0.15) is 0 Å². The number of nitrogens with one attached hydrogen (secondary N) is 2. The Morgan fingerprint density at radius 2 is 1.96 bits per heavy atom. The second kappa shape index (κ2) is 7.26. The lowest BCUT2D eigenvalue weighted by Crippen LogP contribution is -2.39. The van der Waals surface area contributed by atoms with Crippen molar-refractivity contribution >= 4 is 33.3 Å². The topological polar surface area (TPSA) is 44.4 Å². The van der Waals surface area contributed by atoms with Gasteiger partial charge in [-0.05, 0) is 71.6 Å². The molecule has 1 atom stereocenters. The fraction of sp³-hybridized carbons (Fsp3) is 0.316. The van der Waals surface area contributed by atoms with Crippen molar-refractivity contribution < 1.29 is 4.79 Å². The monoisotopic (exact) mass is 387 g/mol. The molecule has 126 valence electrons. The van der Waals surface area contributed by atoms with E-state index in [9.17, 15) is 4.79 Å². The molecule has 0 aromatic heterocycles. The first-order valence-electron chi connectivity index (χ1n) is 8.17. The summed E-state index contributed by atoms with van der Waals surface area (Å²) in [6.45, 7) is 5.87. The maximum atomic E-state index is 12.2. The number of rotatable bonds is 3. The summed E-state index contributed by atoms with van der Waals surface area (Å²) in [5.74, 6) is 0. The Balaban J connectivity index is 1.56. The SMILES string of the molecule is Cc1ccc(NC(=O)NC2CCN(c3ccccc3Br)C2)cc1C. The van der Waals surface area contributed by atoms with Gasteiger partial charge in [-0.3, -0.25) is 0 Å². The molecule has 2 aromatic rings. The Morgan fingerprint density at radius 1 is 1.17 bits per heavy atom. The van der Waals surface area contributed by atoms with E-state index in [-0.39, 0.29) is 12.1 Å². The average molecular weight is 388 g/mol. The second-order valence-electron chi connectivity index (χ2n) is 6.28. The predicted molar refractivity (Wildman–Crippen MR) is 103 cm³/mol. The molecule has 1 fully saturated rings. The Hall–Kier alpha value is -2.01. The van der Waals surface area contributed by atoms with E-state index in [1.54, 1.807) is 0 Å². The molecule has 3 rings (SSSR count). The third kappa shape index (κ3) is 3.90. The Labute approximate surface area is 151 Å². The van der Waals surface area contributed by atoms with Crippen molar-refractivity contribution in [1.82, 2.24) is 5.32 Å². The van der Waals surface area contributed by atoms with E-state index in [4.69, 9.17) is 0 Å². The van der Waals surface area contributed by atoms with Gasteiger partial charge in [0.25, 0.3) is 0 Å². The maximum absolute atomic E-state index is 12.2. The number of anilines is 2. The van der Waals surface area contributed by atoms with E-state index in [1.807, 2.05) is 43.3 Å².